The molecular formula is C28H30ClF3N8. The zero-order valence-corrected chi connectivity index (χ0v) is 23.4. The van der Waals surface area contributed by atoms with Gasteiger partial charge in [0, 0.05) is 42.9 Å². The van der Waals surface area contributed by atoms with E-state index in [1.165, 1.54) is 10.8 Å². The fraction of sp³-hybridized carbons (Fsp3) is 0.393. The highest BCUT2D eigenvalue weighted by molar-refractivity contribution is 6.46. The summed E-state index contributed by atoms with van der Waals surface area (Å²) in [6.45, 7) is 7.68. The number of anilines is 1. The molecule has 40 heavy (non-hydrogen) atoms. The van der Waals surface area contributed by atoms with E-state index in [0.29, 0.717) is 34.9 Å². The number of nitrogens with two attached hydrogens (primary N) is 1. The average Bonchev–Trinajstić information content (AvgIpc) is 3.57. The maximum atomic E-state index is 13.3. The normalized spacial score (nSPS) is 14.1. The molecule has 0 bridgehead atoms. The fourth-order valence-corrected chi connectivity index (χ4v) is 4.73. The van der Waals surface area contributed by atoms with Crippen LogP contribution in [0, 0.1) is 11.3 Å². The number of nitrogens with one attached hydrogen (secondary N) is 1. The van der Waals surface area contributed by atoms with E-state index in [4.69, 9.17) is 22.3 Å². The number of allylic oxidation sites excluding steroid dienone is 1. The number of imidazole rings is 1. The molecule has 3 N–H and O–H groups in total. The van der Waals surface area contributed by atoms with Crippen LogP contribution in [0.1, 0.15) is 73.9 Å². The van der Waals surface area contributed by atoms with E-state index in [-0.39, 0.29) is 22.9 Å². The molecule has 0 fully saturated rings. The van der Waals surface area contributed by atoms with E-state index >= 15 is 0 Å². The Labute approximate surface area is 235 Å². The van der Waals surface area contributed by atoms with Crippen LogP contribution >= 0.6 is 11.6 Å². The van der Waals surface area contributed by atoms with Crippen molar-refractivity contribution in [3.63, 3.8) is 0 Å². The first kappa shape index (κ1) is 29.1. The van der Waals surface area contributed by atoms with Crippen LogP contribution in [0.25, 0.3) is 11.5 Å². The molecule has 3 aromatic rings. The number of nitrogens with zero attached hydrogens (tertiary/aromatic N) is 6. The first-order chi connectivity index (χ1) is 18.9. The van der Waals surface area contributed by atoms with Gasteiger partial charge in [-0.05, 0) is 64.2 Å². The minimum atomic E-state index is -4.55. The molecule has 1 aliphatic rings. The molecule has 0 radical (unpaired) electrons. The summed E-state index contributed by atoms with van der Waals surface area (Å²) >= 11 is 6.40. The van der Waals surface area contributed by atoms with Crippen LogP contribution in [0.15, 0.2) is 40.8 Å². The van der Waals surface area contributed by atoms with Crippen LogP contribution in [-0.2, 0) is 25.6 Å². The van der Waals surface area contributed by atoms with E-state index in [1.807, 2.05) is 13.8 Å². The first-order valence-corrected chi connectivity index (χ1v) is 13.3. The van der Waals surface area contributed by atoms with Gasteiger partial charge >= 0.3 is 6.18 Å². The Morgan fingerprint density at radius 2 is 2.00 bits per heavy atom. The maximum Gasteiger partial charge on any atom is 0.434 e. The van der Waals surface area contributed by atoms with Crippen molar-refractivity contribution in [1.82, 2.24) is 19.5 Å². The van der Waals surface area contributed by atoms with Gasteiger partial charge < -0.3 is 15.6 Å². The van der Waals surface area contributed by atoms with Crippen LogP contribution in [0.4, 0.5) is 18.9 Å². The number of aliphatic imine (C=N–C) groups is 1. The van der Waals surface area contributed by atoms with E-state index in [1.54, 1.807) is 32.2 Å². The highest BCUT2D eigenvalue weighted by Gasteiger charge is 2.35. The van der Waals surface area contributed by atoms with Crippen molar-refractivity contribution in [2.45, 2.75) is 71.8 Å². The standard InChI is InChI=1S/C28H30ClF3N8/c1-15(2)37-26(20(29)11-34)25-19(10-33)24(18-6-5-7-21(18)38-25)36-13-17-8-9-22(35-12-17)27-39-23(28(30,31)32)14-40(27)16(3)4/h8-9,11-12,14-16H,5-7,13,34H2,1-4H3,(H,36,38)/b20-11+,37-26?. The number of rotatable bonds is 8. The SMILES string of the molecule is CC(C)N=C(/C(Cl)=C\N)c1nc2c(c(NCc3ccc(-c4nc(C(F)(F)F)cn4C(C)C)nc3)c1C#N)CCC2. The lowest BCUT2D eigenvalue weighted by molar-refractivity contribution is -0.140. The summed E-state index contributed by atoms with van der Waals surface area (Å²) < 4.78 is 41.3. The van der Waals surface area contributed by atoms with Gasteiger partial charge in [-0.2, -0.15) is 18.4 Å². The molecule has 0 saturated carbocycles. The van der Waals surface area contributed by atoms with E-state index in [2.05, 4.69) is 26.3 Å². The second-order valence-corrected chi connectivity index (χ2v) is 10.4. The zero-order valence-electron chi connectivity index (χ0n) is 22.6. The summed E-state index contributed by atoms with van der Waals surface area (Å²) in [7, 11) is 0. The third kappa shape index (κ3) is 5.97. The predicted molar refractivity (Wildman–Crippen MR) is 149 cm³/mol. The van der Waals surface area contributed by atoms with Crippen molar-refractivity contribution in [2.75, 3.05) is 5.32 Å². The number of halogens is 4. The highest BCUT2D eigenvalue weighted by Crippen LogP contribution is 2.35. The molecule has 0 aliphatic heterocycles. The van der Waals surface area contributed by atoms with E-state index in [9.17, 15) is 18.4 Å². The molecule has 3 aromatic heterocycles. The number of alkyl halides is 3. The Morgan fingerprint density at radius 1 is 1.25 bits per heavy atom. The summed E-state index contributed by atoms with van der Waals surface area (Å²) in [5, 5.41) is 13.8. The summed E-state index contributed by atoms with van der Waals surface area (Å²) in [6.07, 6.45) is 1.72. The van der Waals surface area contributed by atoms with Crippen LogP contribution in [0.2, 0.25) is 0 Å². The van der Waals surface area contributed by atoms with Crippen molar-refractivity contribution in [3.05, 3.63) is 69.5 Å². The third-order valence-corrected chi connectivity index (χ3v) is 6.73. The lowest BCUT2D eigenvalue weighted by Gasteiger charge is -2.18. The number of pyridine rings is 2. The fourth-order valence-electron chi connectivity index (χ4n) is 4.59. The Morgan fingerprint density at radius 3 is 2.58 bits per heavy atom. The highest BCUT2D eigenvalue weighted by atomic mass is 35.5. The van der Waals surface area contributed by atoms with E-state index in [0.717, 1.165) is 42.3 Å². The summed E-state index contributed by atoms with van der Waals surface area (Å²) in [4.78, 5) is 17.6. The molecule has 12 heteroatoms. The molecule has 1 aliphatic carbocycles. The number of hydrogen-bond acceptors (Lipinski definition) is 7. The summed E-state index contributed by atoms with van der Waals surface area (Å²) in [5.41, 5.74) is 9.41. The number of hydrogen-bond donors (Lipinski definition) is 2. The summed E-state index contributed by atoms with van der Waals surface area (Å²) in [5.74, 6) is 0.145. The second-order valence-electron chi connectivity index (χ2n) is 10.0. The van der Waals surface area contributed by atoms with Gasteiger partial charge in [0.05, 0.1) is 10.7 Å². The smallest absolute Gasteiger partial charge is 0.403 e. The van der Waals surface area contributed by atoms with Gasteiger partial charge in [-0.25, -0.2) is 9.97 Å². The molecule has 0 amide bonds. The summed E-state index contributed by atoms with van der Waals surface area (Å²) in [6, 6.07) is 5.35. The molecule has 0 saturated heterocycles. The Hall–Kier alpha value is -3.91. The van der Waals surface area contributed by atoms with Crippen molar-refractivity contribution in [3.8, 4) is 17.6 Å². The molecular weight excluding hydrogens is 541 g/mol. The minimum absolute atomic E-state index is 0.107. The topological polar surface area (TPSA) is 118 Å². The number of nitriles is 1. The van der Waals surface area contributed by atoms with Crippen molar-refractivity contribution < 1.29 is 13.2 Å². The van der Waals surface area contributed by atoms with Gasteiger partial charge in [0.25, 0.3) is 0 Å². The van der Waals surface area contributed by atoms with Gasteiger partial charge in [-0.15, -0.1) is 0 Å². The number of fused-ring (bicyclic) bond motifs is 1. The number of aromatic nitrogens is 4. The van der Waals surface area contributed by atoms with Crippen molar-refractivity contribution in [1.29, 1.82) is 5.26 Å². The molecule has 0 unspecified atom stereocenters. The minimum Gasteiger partial charge on any atom is -0.403 e. The van der Waals surface area contributed by atoms with E-state index < -0.39 is 11.9 Å². The molecule has 0 atom stereocenters. The molecule has 4 rings (SSSR count). The van der Waals surface area contributed by atoms with Crippen molar-refractivity contribution in [2.24, 2.45) is 10.7 Å². The Kier molecular flexibility index (Phi) is 8.49. The van der Waals surface area contributed by atoms with Crippen LogP contribution < -0.4 is 11.1 Å². The molecule has 210 valence electrons. The van der Waals surface area contributed by atoms with Gasteiger partial charge in [0.15, 0.2) is 11.5 Å². The number of aryl methyl sites for hydroxylation is 1. The molecule has 0 aromatic carbocycles. The van der Waals surface area contributed by atoms with Crippen LogP contribution in [-0.4, -0.2) is 31.3 Å². The maximum absolute atomic E-state index is 13.3. The van der Waals surface area contributed by atoms with Gasteiger partial charge in [0.2, 0.25) is 0 Å². The lowest BCUT2D eigenvalue weighted by Crippen LogP contribution is -2.16. The van der Waals surface area contributed by atoms with Gasteiger partial charge in [-0.1, -0.05) is 17.7 Å². The van der Waals surface area contributed by atoms with Gasteiger partial charge in [0.1, 0.15) is 28.7 Å². The predicted octanol–water partition coefficient (Wildman–Crippen LogP) is 6.15. The average molecular weight is 571 g/mol. The van der Waals surface area contributed by atoms with Crippen LogP contribution in [0.3, 0.4) is 0 Å². The lowest BCUT2D eigenvalue weighted by atomic mass is 10.0. The Bertz CT molecular complexity index is 1500. The molecule has 0 spiro atoms. The second kappa shape index (κ2) is 11.7. The van der Waals surface area contributed by atoms with Gasteiger partial charge in [-0.3, -0.25) is 9.98 Å². The van der Waals surface area contributed by atoms with Crippen molar-refractivity contribution >= 4 is 23.0 Å². The molecule has 8 nitrogen and oxygen atoms in total. The first-order valence-electron chi connectivity index (χ1n) is 12.9. The third-order valence-electron chi connectivity index (χ3n) is 6.42. The van der Waals surface area contributed by atoms with Crippen LogP contribution in [0.5, 0.6) is 0 Å². The molecule has 3 heterocycles. The Balaban J connectivity index is 1.67. The largest absolute Gasteiger partial charge is 0.434 e. The zero-order chi connectivity index (χ0) is 29.2. The monoisotopic (exact) mass is 570 g/mol. The quantitative estimate of drug-likeness (QED) is 0.314.